The zero-order valence-electron chi connectivity index (χ0n) is 30.9. The first kappa shape index (κ1) is 41.5. The van der Waals surface area contributed by atoms with Gasteiger partial charge in [-0.25, -0.2) is 31.0 Å². The Hall–Kier alpha value is -5.12. The monoisotopic (exact) mass is 834 g/mol. The van der Waals surface area contributed by atoms with Gasteiger partial charge in [-0.2, -0.15) is 13.9 Å². The Kier molecular flexibility index (Phi) is 11.2. The maximum atomic E-state index is 15.5. The van der Waals surface area contributed by atoms with Gasteiger partial charge in [0.15, 0.2) is 5.82 Å². The fourth-order valence-electron chi connectivity index (χ4n) is 7.15. The van der Waals surface area contributed by atoms with Gasteiger partial charge in [-0.3, -0.25) is 19.2 Å². The van der Waals surface area contributed by atoms with Crippen LogP contribution in [0.15, 0.2) is 58.7 Å². The molecule has 302 valence electrons. The molecule has 2 aliphatic carbocycles. The molecule has 6 rings (SSSR count). The first-order chi connectivity index (χ1) is 26.5. The number of anilines is 1. The number of allylic oxidation sites excluding steroid dienone is 2. The van der Waals surface area contributed by atoms with Crippen LogP contribution in [0.2, 0.25) is 5.02 Å². The first-order valence-corrected chi connectivity index (χ1v) is 19.7. The van der Waals surface area contributed by atoms with Crippen molar-refractivity contribution in [1.82, 2.24) is 20.1 Å². The summed E-state index contributed by atoms with van der Waals surface area (Å²) < 4.78 is 116. The number of amides is 1. The molecule has 0 radical (unpaired) electrons. The molecule has 19 heteroatoms. The highest BCUT2D eigenvalue weighted by Crippen LogP contribution is 2.57. The van der Waals surface area contributed by atoms with Crippen LogP contribution < -0.4 is 21.5 Å². The van der Waals surface area contributed by atoms with Crippen molar-refractivity contribution in [1.29, 1.82) is 0 Å². The van der Waals surface area contributed by atoms with Crippen LogP contribution in [-0.4, -0.2) is 65.5 Å². The van der Waals surface area contributed by atoms with E-state index in [1.807, 2.05) is 0 Å². The minimum Gasteiger partial charge on any atom is -0.397 e. The average molecular weight is 835 g/mol. The molecule has 2 aromatic carbocycles. The van der Waals surface area contributed by atoms with Crippen molar-refractivity contribution in [3.63, 3.8) is 0 Å². The first-order valence-electron chi connectivity index (χ1n) is 17.5. The van der Waals surface area contributed by atoms with Crippen LogP contribution in [-0.2, 0) is 28.3 Å². The number of carbonyl (C=O) groups excluding carboxylic acids is 1. The van der Waals surface area contributed by atoms with Crippen molar-refractivity contribution in [2.24, 2.45) is 35.3 Å². The maximum absolute atomic E-state index is 15.5. The molecular weight excluding hydrogens is 798 g/mol. The molecule has 0 unspecified atom stereocenters. The molecular formula is C38H37ClF6N8O3S. The average Bonchev–Trinajstić information content (AvgIpc) is 3.46. The van der Waals surface area contributed by atoms with Crippen LogP contribution in [0.3, 0.4) is 0 Å². The lowest BCUT2D eigenvalue weighted by Gasteiger charge is -2.32. The van der Waals surface area contributed by atoms with E-state index in [-0.39, 0.29) is 52.4 Å². The number of hydrogen-bond donors (Lipinski definition) is 4. The second-order valence-electron chi connectivity index (χ2n) is 14.6. The van der Waals surface area contributed by atoms with E-state index in [9.17, 15) is 30.8 Å². The van der Waals surface area contributed by atoms with Crippen molar-refractivity contribution < 1.29 is 39.6 Å². The highest BCUT2D eigenvalue weighted by Gasteiger charge is 2.62. The quantitative estimate of drug-likeness (QED) is 0.112. The molecule has 57 heavy (non-hydrogen) atoms. The molecule has 2 heterocycles. The number of nitrogens with two attached hydrogens (primary N) is 2. The fourth-order valence-corrected chi connectivity index (χ4v) is 7.88. The van der Waals surface area contributed by atoms with Crippen LogP contribution in [0.25, 0.3) is 22.0 Å². The number of carbonyl (C=O) groups is 1. The molecule has 1 amide bonds. The smallest absolute Gasteiger partial charge is 0.292 e. The molecule has 2 aromatic heterocycles. The molecule has 2 aliphatic rings. The number of aliphatic imine (C=N–C) groups is 1. The van der Waals surface area contributed by atoms with E-state index in [0.717, 1.165) is 18.4 Å². The summed E-state index contributed by atoms with van der Waals surface area (Å²) in [5, 5.41) is 7.35. The van der Waals surface area contributed by atoms with Gasteiger partial charge in [-0.05, 0) is 80.8 Å². The van der Waals surface area contributed by atoms with E-state index in [4.69, 9.17) is 28.1 Å². The number of benzene rings is 2. The summed E-state index contributed by atoms with van der Waals surface area (Å²) in [6.45, 7) is 2.35. The van der Waals surface area contributed by atoms with E-state index < -0.39 is 86.9 Å². The Morgan fingerprint density at radius 2 is 1.79 bits per heavy atom. The van der Waals surface area contributed by atoms with E-state index in [1.54, 1.807) is 32.0 Å². The van der Waals surface area contributed by atoms with Gasteiger partial charge in [0.25, 0.3) is 12.3 Å². The number of aromatic nitrogens is 3. The van der Waals surface area contributed by atoms with Crippen LogP contribution in [0.5, 0.6) is 0 Å². The van der Waals surface area contributed by atoms with Crippen LogP contribution in [0.1, 0.15) is 49.7 Å². The summed E-state index contributed by atoms with van der Waals surface area (Å²) in [5.74, 6) is -3.00. The SMILES string of the molecule is Cn1nc(NS(C)(=O)=O)c2c(Cl)ccc(-c3ccc(C#CC(C)(C)N)nc3[C@H](Cc3cc(F)cc(F)c3)NC(=O)CN=C3C(=C(N)C(F)F)[C@H]4CC[C@H]4C3(F)F)c21. The number of aryl methyl sites for hydroxylation is 1. The van der Waals surface area contributed by atoms with E-state index in [0.29, 0.717) is 22.7 Å². The number of halogens is 7. The second-order valence-corrected chi connectivity index (χ2v) is 16.8. The summed E-state index contributed by atoms with van der Waals surface area (Å²) in [4.78, 5) is 22.4. The van der Waals surface area contributed by atoms with Crippen molar-refractivity contribution in [3.8, 4) is 23.0 Å². The zero-order chi connectivity index (χ0) is 41.8. The standard InChI is InChI=1S/C38H37ClF6N8O3S/c1-37(2,47)12-11-21-5-6-22(23-8-10-26(39)30-33(23)53(3)51-36(30)52-57(4,55)56)32(49-21)27(15-18-13-19(40)16-20(41)14-18)50-28(54)17-48-34-29(31(46)35(42)43)24-7-9-25(24)38(34,44)45/h5-6,8,10,13-14,16,24-25,27,35H,7,9,15,17,46-47H2,1-4H3,(H,50,54)(H,51,52)/t24-,25+,27-/m0/s1. The van der Waals surface area contributed by atoms with E-state index >= 15 is 8.78 Å². The Labute approximate surface area is 329 Å². The lowest BCUT2D eigenvalue weighted by atomic mass is 9.73. The van der Waals surface area contributed by atoms with Crippen molar-refractivity contribution in [3.05, 3.63) is 87.3 Å². The molecule has 0 aliphatic heterocycles. The van der Waals surface area contributed by atoms with Crippen LogP contribution in [0, 0.1) is 35.3 Å². The predicted octanol–water partition coefficient (Wildman–Crippen LogP) is 6.02. The lowest BCUT2D eigenvalue weighted by Crippen LogP contribution is -2.37. The molecule has 6 N–H and O–H groups in total. The van der Waals surface area contributed by atoms with Gasteiger partial charge in [0.2, 0.25) is 15.9 Å². The zero-order valence-corrected chi connectivity index (χ0v) is 32.5. The minimum absolute atomic E-state index is 0.0601. The van der Waals surface area contributed by atoms with Gasteiger partial charge >= 0.3 is 0 Å². The van der Waals surface area contributed by atoms with Crippen LogP contribution >= 0.6 is 11.6 Å². The third-order valence-corrected chi connectivity index (χ3v) is 10.5. The molecule has 3 atom stereocenters. The maximum Gasteiger partial charge on any atom is 0.292 e. The number of nitrogens with zero attached hydrogens (tertiary/aromatic N) is 4. The molecule has 4 aromatic rings. The van der Waals surface area contributed by atoms with E-state index in [1.165, 1.54) is 17.8 Å². The predicted molar refractivity (Wildman–Crippen MR) is 204 cm³/mol. The minimum atomic E-state index is -3.82. The van der Waals surface area contributed by atoms with Gasteiger partial charge in [0, 0.05) is 35.7 Å². The number of alkyl halides is 4. The molecule has 0 saturated heterocycles. The van der Waals surface area contributed by atoms with Gasteiger partial charge in [-0.1, -0.05) is 23.6 Å². The summed E-state index contributed by atoms with van der Waals surface area (Å²) in [7, 11) is -2.28. The van der Waals surface area contributed by atoms with Crippen molar-refractivity contribution in [2.75, 3.05) is 17.5 Å². The summed E-state index contributed by atoms with van der Waals surface area (Å²) in [6, 6.07) is 7.67. The number of fused-ring (bicyclic) bond motifs is 2. The molecule has 2 fully saturated rings. The number of rotatable bonds is 10. The van der Waals surface area contributed by atoms with Crippen molar-refractivity contribution in [2.45, 2.75) is 57.0 Å². The van der Waals surface area contributed by atoms with Gasteiger partial charge in [0.05, 0.1) is 45.2 Å². The largest absolute Gasteiger partial charge is 0.397 e. The molecule has 2 saturated carbocycles. The van der Waals surface area contributed by atoms with E-state index in [2.05, 4.69) is 32.0 Å². The molecule has 0 spiro atoms. The van der Waals surface area contributed by atoms with Crippen LogP contribution in [0.4, 0.5) is 32.2 Å². The normalized spacial score (nSPS) is 19.8. The van der Waals surface area contributed by atoms with Gasteiger partial charge in [0.1, 0.15) is 29.6 Å². The van der Waals surface area contributed by atoms with Crippen molar-refractivity contribution >= 4 is 50.0 Å². The summed E-state index contributed by atoms with van der Waals surface area (Å²) in [6.07, 6.45) is -2.35. The highest BCUT2D eigenvalue weighted by atomic mass is 35.5. The fraction of sp³-hybridized carbons (Fsp3) is 0.368. The van der Waals surface area contributed by atoms with Gasteiger partial charge in [-0.15, -0.1) is 0 Å². The Morgan fingerprint density at radius 1 is 1.12 bits per heavy atom. The Morgan fingerprint density at radius 3 is 2.39 bits per heavy atom. The number of hydrogen-bond acceptors (Lipinski definition) is 8. The molecule has 0 bridgehead atoms. The third kappa shape index (κ3) is 8.75. The Bertz CT molecular complexity index is 2500. The number of nitrogens with one attached hydrogen (secondary N) is 2. The lowest BCUT2D eigenvalue weighted by molar-refractivity contribution is -0.120. The third-order valence-electron chi connectivity index (χ3n) is 9.58. The summed E-state index contributed by atoms with van der Waals surface area (Å²) >= 11 is 6.58. The van der Waals surface area contributed by atoms with Gasteiger partial charge < -0.3 is 16.8 Å². The highest BCUT2D eigenvalue weighted by molar-refractivity contribution is 7.92. The number of pyridine rings is 1. The second kappa shape index (κ2) is 15.3. The topological polar surface area (TPSA) is 170 Å². The Balaban J connectivity index is 1.51. The molecule has 11 nitrogen and oxygen atoms in total. The number of sulfonamides is 1. The summed E-state index contributed by atoms with van der Waals surface area (Å²) in [5.41, 5.74) is 9.53.